The molecule has 0 saturated carbocycles. The van der Waals surface area contributed by atoms with Crippen molar-refractivity contribution in [3.8, 4) is 0 Å². The first kappa shape index (κ1) is 31.4. The lowest BCUT2D eigenvalue weighted by Crippen LogP contribution is -2.42. The van der Waals surface area contributed by atoms with E-state index in [0.717, 1.165) is 30.4 Å². The van der Waals surface area contributed by atoms with Crippen LogP contribution in [0.15, 0.2) is 78.9 Å². The van der Waals surface area contributed by atoms with Crippen LogP contribution in [0.3, 0.4) is 0 Å². The SMILES string of the molecule is NCCCCCc1ccc2c(c1)C(=O)N(C(CC(=O)OC(=O)C(F)(F)F)c1ccccc1)CC(=O)N2Cc1ccccc1. The molecular formula is C32H32F3N3O5. The van der Waals surface area contributed by atoms with Crippen LogP contribution in [0.1, 0.15) is 58.8 Å². The molecule has 0 spiro atoms. The first-order valence-electron chi connectivity index (χ1n) is 13.9. The number of anilines is 1. The Morgan fingerprint density at radius 2 is 1.56 bits per heavy atom. The van der Waals surface area contributed by atoms with E-state index in [1.54, 1.807) is 42.5 Å². The topological polar surface area (TPSA) is 110 Å². The molecule has 1 aliphatic rings. The number of amides is 2. The van der Waals surface area contributed by atoms with Gasteiger partial charge in [-0.15, -0.1) is 0 Å². The van der Waals surface area contributed by atoms with Crippen molar-refractivity contribution in [2.24, 2.45) is 5.73 Å². The molecule has 0 aromatic heterocycles. The van der Waals surface area contributed by atoms with Gasteiger partial charge in [-0.25, -0.2) is 4.79 Å². The molecule has 0 saturated heterocycles. The van der Waals surface area contributed by atoms with Crippen LogP contribution in [0, 0.1) is 0 Å². The van der Waals surface area contributed by atoms with E-state index in [0.29, 0.717) is 24.2 Å². The summed E-state index contributed by atoms with van der Waals surface area (Å²) in [5.41, 5.74) is 8.28. The fourth-order valence-electron chi connectivity index (χ4n) is 5.02. The minimum Gasteiger partial charge on any atom is -0.386 e. The van der Waals surface area contributed by atoms with Gasteiger partial charge in [0.1, 0.15) is 6.54 Å². The second-order valence-electron chi connectivity index (χ2n) is 10.2. The standard InChI is InChI=1S/C32H32F3N3O5/c33-32(34,35)31(42)43-29(40)19-27(24-13-7-2-8-14-24)38-21-28(39)37(20-23-11-4-1-5-12-23)26-16-15-22(10-6-3-9-17-36)18-25(26)30(38)41/h1-2,4-5,7-8,11-16,18,27H,3,6,9-10,17,19-21,36H2. The van der Waals surface area contributed by atoms with Crippen molar-refractivity contribution in [2.75, 3.05) is 18.0 Å². The van der Waals surface area contributed by atoms with Gasteiger partial charge in [0.25, 0.3) is 5.91 Å². The van der Waals surface area contributed by atoms with E-state index in [4.69, 9.17) is 5.73 Å². The number of halogens is 3. The zero-order chi connectivity index (χ0) is 31.0. The molecule has 3 aromatic carbocycles. The van der Waals surface area contributed by atoms with Crippen molar-refractivity contribution in [3.63, 3.8) is 0 Å². The minimum absolute atomic E-state index is 0.168. The van der Waals surface area contributed by atoms with E-state index in [1.165, 1.54) is 9.80 Å². The van der Waals surface area contributed by atoms with Gasteiger partial charge in [-0.2, -0.15) is 13.2 Å². The minimum atomic E-state index is -5.37. The Bertz CT molecular complexity index is 1450. The van der Waals surface area contributed by atoms with Crippen molar-refractivity contribution >= 4 is 29.4 Å². The number of aryl methyl sites for hydroxylation is 1. The normalized spacial score (nSPS) is 14.2. The number of nitrogens with two attached hydrogens (primary N) is 1. The third kappa shape index (κ3) is 8.07. The monoisotopic (exact) mass is 595 g/mol. The van der Waals surface area contributed by atoms with Gasteiger partial charge < -0.3 is 20.3 Å². The molecule has 1 unspecified atom stereocenters. The summed E-state index contributed by atoms with van der Waals surface area (Å²) < 4.78 is 42.5. The Morgan fingerprint density at radius 3 is 2.21 bits per heavy atom. The summed E-state index contributed by atoms with van der Waals surface area (Å²) in [4.78, 5) is 54.6. The molecule has 0 aliphatic carbocycles. The van der Waals surface area contributed by atoms with Gasteiger partial charge in [-0.3, -0.25) is 14.4 Å². The molecule has 0 fully saturated rings. The maximum absolute atomic E-state index is 14.2. The molecule has 8 nitrogen and oxygen atoms in total. The van der Waals surface area contributed by atoms with Crippen molar-refractivity contribution in [2.45, 2.75) is 50.9 Å². The molecule has 43 heavy (non-hydrogen) atoms. The number of unbranched alkanes of at least 4 members (excludes halogenated alkanes) is 2. The fourth-order valence-corrected chi connectivity index (χ4v) is 5.02. The molecule has 3 aromatic rings. The maximum Gasteiger partial charge on any atom is 0.491 e. The third-order valence-electron chi connectivity index (χ3n) is 7.16. The first-order chi connectivity index (χ1) is 20.6. The fraction of sp³-hybridized carbons (Fsp3) is 0.312. The number of benzene rings is 3. The predicted molar refractivity (Wildman–Crippen MR) is 153 cm³/mol. The highest BCUT2D eigenvalue weighted by Crippen LogP contribution is 2.34. The summed E-state index contributed by atoms with van der Waals surface area (Å²) in [6.07, 6.45) is -2.88. The van der Waals surface area contributed by atoms with Gasteiger partial charge in [0.05, 0.1) is 30.3 Å². The van der Waals surface area contributed by atoms with Crippen LogP contribution in [0.2, 0.25) is 0 Å². The van der Waals surface area contributed by atoms with Gasteiger partial charge in [0.15, 0.2) is 0 Å². The van der Waals surface area contributed by atoms with E-state index in [1.807, 2.05) is 36.4 Å². The molecule has 0 radical (unpaired) electrons. The lowest BCUT2D eigenvalue weighted by molar-refractivity contribution is -0.202. The van der Waals surface area contributed by atoms with E-state index in [-0.39, 0.29) is 12.1 Å². The van der Waals surface area contributed by atoms with Crippen molar-refractivity contribution in [1.29, 1.82) is 0 Å². The summed E-state index contributed by atoms with van der Waals surface area (Å²) in [5, 5.41) is 0. The maximum atomic E-state index is 14.2. The summed E-state index contributed by atoms with van der Waals surface area (Å²) in [6, 6.07) is 21.5. The second kappa shape index (κ2) is 14.1. The molecule has 0 bridgehead atoms. The van der Waals surface area contributed by atoms with E-state index in [9.17, 15) is 32.3 Å². The van der Waals surface area contributed by atoms with E-state index >= 15 is 0 Å². The number of ether oxygens (including phenoxy) is 1. The molecule has 226 valence electrons. The molecule has 1 aliphatic heterocycles. The Labute approximate surface area is 247 Å². The molecule has 11 heteroatoms. The number of carbonyl (C=O) groups is 4. The molecule has 4 rings (SSSR count). The Hall–Kier alpha value is -4.51. The molecular weight excluding hydrogens is 563 g/mol. The number of esters is 2. The van der Waals surface area contributed by atoms with E-state index < -0.39 is 48.9 Å². The predicted octanol–water partition coefficient (Wildman–Crippen LogP) is 5.11. The lowest BCUT2D eigenvalue weighted by Gasteiger charge is -2.30. The molecule has 1 heterocycles. The van der Waals surface area contributed by atoms with Crippen molar-refractivity contribution < 1.29 is 37.1 Å². The average molecular weight is 596 g/mol. The van der Waals surface area contributed by atoms with Gasteiger partial charge in [0.2, 0.25) is 5.91 Å². The van der Waals surface area contributed by atoms with Crippen LogP contribution in [-0.4, -0.2) is 47.9 Å². The molecule has 2 N–H and O–H groups in total. The number of nitrogens with zero attached hydrogens (tertiary/aromatic N) is 2. The van der Waals surface area contributed by atoms with Gasteiger partial charge in [-0.1, -0.05) is 73.2 Å². The third-order valence-corrected chi connectivity index (χ3v) is 7.16. The largest absolute Gasteiger partial charge is 0.491 e. The number of rotatable bonds is 11. The zero-order valence-corrected chi connectivity index (χ0v) is 23.4. The summed E-state index contributed by atoms with van der Waals surface area (Å²) in [6.45, 7) is 0.278. The van der Waals surface area contributed by atoms with Gasteiger partial charge in [-0.05, 0) is 54.6 Å². The second-order valence-corrected chi connectivity index (χ2v) is 10.2. The quantitative estimate of drug-likeness (QED) is 0.187. The highest BCUT2D eigenvalue weighted by Gasteiger charge is 2.43. The van der Waals surface area contributed by atoms with E-state index in [2.05, 4.69) is 4.74 Å². The van der Waals surface area contributed by atoms with Gasteiger partial charge in [0, 0.05) is 0 Å². The highest BCUT2D eigenvalue weighted by atomic mass is 19.4. The lowest BCUT2D eigenvalue weighted by atomic mass is 9.99. The Balaban J connectivity index is 1.74. The first-order valence-corrected chi connectivity index (χ1v) is 13.9. The number of hydrogen-bond acceptors (Lipinski definition) is 6. The Morgan fingerprint density at radius 1 is 0.884 bits per heavy atom. The van der Waals surface area contributed by atoms with Crippen LogP contribution in [0.5, 0.6) is 0 Å². The number of fused-ring (bicyclic) bond motifs is 1. The highest BCUT2D eigenvalue weighted by molar-refractivity contribution is 6.10. The molecule has 2 amide bonds. The molecule has 1 atom stereocenters. The van der Waals surface area contributed by atoms with Crippen LogP contribution in [-0.2, 0) is 32.1 Å². The van der Waals surface area contributed by atoms with Crippen molar-refractivity contribution in [1.82, 2.24) is 4.90 Å². The van der Waals surface area contributed by atoms with Crippen LogP contribution >= 0.6 is 0 Å². The Kier molecular flexibility index (Phi) is 10.3. The summed E-state index contributed by atoms with van der Waals surface area (Å²) in [7, 11) is 0. The van der Waals surface area contributed by atoms with Crippen LogP contribution in [0.4, 0.5) is 18.9 Å². The van der Waals surface area contributed by atoms with Crippen LogP contribution < -0.4 is 10.6 Å². The van der Waals surface area contributed by atoms with Crippen LogP contribution in [0.25, 0.3) is 0 Å². The zero-order valence-electron chi connectivity index (χ0n) is 23.4. The summed E-state index contributed by atoms with van der Waals surface area (Å²) >= 11 is 0. The number of alkyl halides is 3. The smallest absolute Gasteiger partial charge is 0.386 e. The summed E-state index contributed by atoms with van der Waals surface area (Å²) in [5.74, 6) is -5.16. The number of carbonyl (C=O) groups excluding carboxylic acids is 4. The van der Waals surface area contributed by atoms with Crippen molar-refractivity contribution in [3.05, 3.63) is 101 Å². The van der Waals surface area contributed by atoms with Gasteiger partial charge >= 0.3 is 18.1 Å². The number of hydrogen-bond donors (Lipinski definition) is 1. The average Bonchev–Trinajstić information content (AvgIpc) is 3.09.